The van der Waals surface area contributed by atoms with Gasteiger partial charge >= 0.3 is 0 Å². The topological polar surface area (TPSA) is 75.2 Å². The van der Waals surface area contributed by atoms with Crippen LogP contribution in [0.25, 0.3) is 0 Å². The lowest BCUT2D eigenvalue weighted by atomic mass is 10.3. The number of thioether (sulfide) groups is 1. The van der Waals surface area contributed by atoms with Crippen LogP contribution in [0.5, 0.6) is 0 Å². The third kappa shape index (κ3) is 4.00. The number of anilines is 3. The van der Waals surface area contributed by atoms with Crippen LogP contribution in [0.4, 0.5) is 16.5 Å². The lowest BCUT2D eigenvalue weighted by molar-refractivity contribution is -0.121. The molecule has 6 nitrogen and oxygen atoms in total. The first kappa shape index (κ1) is 19.2. The number of amides is 2. The molecule has 0 saturated carbocycles. The van der Waals surface area contributed by atoms with Crippen LogP contribution >= 0.6 is 46.3 Å². The Morgan fingerprint density at radius 3 is 2.61 bits per heavy atom. The standard InChI is InChI=1S/C18H12Cl2N4O2S2/c19-12-7-6-11(8-13(12)20)24-15(25)9-14(16(24)26)27-18-23-22-17(28-18)21-10-4-2-1-3-5-10/h1-8,14H,9H2,(H,21,22)/t14-/m1/s1. The number of hydrogen-bond donors (Lipinski definition) is 1. The Balaban J connectivity index is 1.46. The van der Waals surface area contributed by atoms with Crippen LogP contribution in [-0.2, 0) is 9.59 Å². The van der Waals surface area contributed by atoms with Gasteiger partial charge in [-0.2, -0.15) is 0 Å². The number of nitrogens with one attached hydrogen (secondary N) is 1. The highest BCUT2D eigenvalue weighted by molar-refractivity contribution is 8.02. The molecule has 1 aromatic heterocycles. The Labute approximate surface area is 178 Å². The summed E-state index contributed by atoms with van der Waals surface area (Å²) in [6.07, 6.45) is 0.0881. The van der Waals surface area contributed by atoms with Gasteiger partial charge in [-0.25, -0.2) is 4.90 Å². The average molecular weight is 451 g/mol. The van der Waals surface area contributed by atoms with Crippen LogP contribution in [-0.4, -0.2) is 27.3 Å². The minimum absolute atomic E-state index is 0.0881. The number of carbonyl (C=O) groups excluding carboxylic acids is 2. The number of benzene rings is 2. The largest absolute Gasteiger partial charge is 0.330 e. The van der Waals surface area contributed by atoms with E-state index in [2.05, 4.69) is 15.5 Å². The molecule has 1 saturated heterocycles. The maximum atomic E-state index is 12.8. The van der Waals surface area contributed by atoms with Gasteiger partial charge in [0.2, 0.25) is 16.9 Å². The van der Waals surface area contributed by atoms with Gasteiger partial charge in [0.25, 0.3) is 0 Å². The molecule has 0 unspecified atom stereocenters. The number of rotatable bonds is 5. The molecule has 1 N–H and O–H groups in total. The Hall–Kier alpha value is -2.13. The van der Waals surface area contributed by atoms with Crippen LogP contribution in [0.3, 0.4) is 0 Å². The quantitative estimate of drug-likeness (QED) is 0.550. The van der Waals surface area contributed by atoms with E-state index in [1.807, 2.05) is 30.3 Å². The first-order chi connectivity index (χ1) is 13.5. The van der Waals surface area contributed by atoms with E-state index < -0.39 is 5.25 Å². The Bertz CT molecular complexity index is 1050. The molecule has 2 aromatic carbocycles. The van der Waals surface area contributed by atoms with E-state index in [-0.39, 0.29) is 23.3 Å². The highest BCUT2D eigenvalue weighted by Gasteiger charge is 2.41. The number of nitrogens with zero attached hydrogens (tertiary/aromatic N) is 3. The molecule has 0 radical (unpaired) electrons. The van der Waals surface area contributed by atoms with Gasteiger partial charge in [-0.3, -0.25) is 9.59 Å². The molecule has 4 rings (SSSR count). The molecule has 1 aliphatic rings. The number of para-hydroxylation sites is 1. The third-order valence-electron chi connectivity index (χ3n) is 3.94. The van der Waals surface area contributed by atoms with E-state index in [9.17, 15) is 9.59 Å². The second-order valence-electron chi connectivity index (χ2n) is 5.84. The van der Waals surface area contributed by atoms with Gasteiger partial charge in [-0.1, -0.05) is 64.5 Å². The molecule has 2 heterocycles. The van der Waals surface area contributed by atoms with Crippen molar-refractivity contribution in [2.75, 3.05) is 10.2 Å². The molecule has 28 heavy (non-hydrogen) atoms. The summed E-state index contributed by atoms with van der Waals surface area (Å²) in [5.41, 5.74) is 1.31. The maximum Gasteiger partial charge on any atom is 0.247 e. The number of aromatic nitrogens is 2. The highest BCUT2D eigenvalue weighted by atomic mass is 35.5. The monoisotopic (exact) mass is 450 g/mol. The first-order valence-electron chi connectivity index (χ1n) is 8.15. The second kappa shape index (κ2) is 8.08. The smallest absolute Gasteiger partial charge is 0.247 e. The van der Waals surface area contributed by atoms with Crippen molar-refractivity contribution < 1.29 is 9.59 Å². The van der Waals surface area contributed by atoms with Crippen molar-refractivity contribution in [3.63, 3.8) is 0 Å². The zero-order chi connectivity index (χ0) is 19.7. The molecule has 0 spiro atoms. The molecule has 1 aliphatic heterocycles. The van der Waals surface area contributed by atoms with Crippen molar-refractivity contribution in [3.05, 3.63) is 58.6 Å². The van der Waals surface area contributed by atoms with Crippen molar-refractivity contribution in [2.45, 2.75) is 16.0 Å². The fourth-order valence-electron chi connectivity index (χ4n) is 2.67. The van der Waals surface area contributed by atoms with E-state index in [0.29, 0.717) is 20.2 Å². The Morgan fingerprint density at radius 1 is 1.07 bits per heavy atom. The molecule has 10 heteroatoms. The molecular formula is C18H12Cl2N4O2S2. The average Bonchev–Trinajstić information content (AvgIpc) is 3.22. The van der Waals surface area contributed by atoms with Gasteiger partial charge in [-0.05, 0) is 30.3 Å². The van der Waals surface area contributed by atoms with Crippen molar-refractivity contribution >= 4 is 74.6 Å². The van der Waals surface area contributed by atoms with Crippen LogP contribution < -0.4 is 10.2 Å². The minimum atomic E-state index is -0.556. The molecule has 0 bridgehead atoms. The predicted molar refractivity (Wildman–Crippen MR) is 113 cm³/mol. The summed E-state index contributed by atoms with van der Waals surface area (Å²) in [5.74, 6) is -0.589. The van der Waals surface area contributed by atoms with Crippen LogP contribution in [0, 0.1) is 0 Å². The first-order valence-corrected chi connectivity index (χ1v) is 10.6. The number of halogens is 2. The van der Waals surface area contributed by atoms with E-state index in [1.165, 1.54) is 29.2 Å². The maximum absolute atomic E-state index is 12.8. The zero-order valence-corrected chi connectivity index (χ0v) is 17.3. The van der Waals surface area contributed by atoms with Gasteiger partial charge in [0.05, 0.1) is 15.7 Å². The van der Waals surface area contributed by atoms with Gasteiger partial charge in [-0.15, -0.1) is 10.2 Å². The van der Waals surface area contributed by atoms with Crippen molar-refractivity contribution in [2.24, 2.45) is 0 Å². The summed E-state index contributed by atoms with van der Waals surface area (Å²) in [6, 6.07) is 14.3. The highest BCUT2D eigenvalue weighted by Crippen LogP contribution is 2.37. The minimum Gasteiger partial charge on any atom is -0.330 e. The molecule has 1 atom stereocenters. The number of hydrogen-bond acceptors (Lipinski definition) is 7. The number of imide groups is 1. The van der Waals surface area contributed by atoms with Gasteiger partial charge in [0, 0.05) is 12.1 Å². The van der Waals surface area contributed by atoms with Crippen LogP contribution in [0.1, 0.15) is 6.42 Å². The van der Waals surface area contributed by atoms with E-state index in [4.69, 9.17) is 23.2 Å². The Kier molecular flexibility index (Phi) is 5.54. The zero-order valence-electron chi connectivity index (χ0n) is 14.1. The predicted octanol–water partition coefficient (Wildman–Crippen LogP) is 5.01. The fourth-order valence-corrected chi connectivity index (χ4v) is 5.00. The summed E-state index contributed by atoms with van der Waals surface area (Å²) >= 11 is 14.5. The van der Waals surface area contributed by atoms with Gasteiger partial charge in [0.1, 0.15) is 5.25 Å². The molecule has 3 aromatic rings. The molecule has 2 amide bonds. The normalized spacial score (nSPS) is 16.6. The SMILES string of the molecule is O=C1C[C@@H](Sc2nnc(Nc3ccccc3)s2)C(=O)N1c1ccc(Cl)c(Cl)c1. The summed E-state index contributed by atoms with van der Waals surface area (Å²) in [5, 5.41) is 12.1. The van der Waals surface area contributed by atoms with Gasteiger partial charge in [0.15, 0.2) is 4.34 Å². The van der Waals surface area contributed by atoms with Crippen LogP contribution in [0.15, 0.2) is 52.9 Å². The third-order valence-corrected chi connectivity index (χ3v) is 6.79. The summed E-state index contributed by atoms with van der Waals surface area (Å²) in [4.78, 5) is 26.3. The van der Waals surface area contributed by atoms with Crippen LogP contribution in [0.2, 0.25) is 10.0 Å². The van der Waals surface area contributed by atoms with Gasteiger partial charge < -0.3 is 5.32 Å². The van der Waals surface area contributed by atoms with Crippen molar-refractivity contribution in [3.8, 4) is 0 Å². The fraction of sp³-hybridized carbons (Fsp3) is 0.111. The summed E-state index contributed by atoms with van der Waals surface area (Å²) < 4.78 is 0.612. The number of carbonyl (C=O) groups is 2. The summed E-state index contributed by atoms with van der Waals surface area (Å²) in [7, 11) is 0. The van der Waals surface area contributed by atoms with E-state index >= 15 is 0 Å². The van der Waals surface area contributed by atoms with E-state index in [0.717, 1.165) is 10.6 Å². The lowest BCUT2D eigenvalue weighted by Crippen LogP contribution is -2.31. The second-order valence-corrected chi connectivity index (χ2v) is 9.08. The lowest BCUT2D eigenvalue weighted by Gasteiger charge is -2.15. The van der Waals surface area contributed by atoms with Crippen molar-refractivity contribution in [1.29, 1.82) is 0 Å². The summed E-state index contributed by atoms with van der Waals surface area (Å²) in [6.45, 7) is 0. The molecular weight excluding hydrogens is 439 g/mol. The van der Waals surface area contributed by atoms with Crippen molar-refractivity contribution in [1.82, 2.24) is 10.2 Å². The molecule has 142 valence electrons. The Morgan fingerprint density at radius 2 is 1.86 bits per heavy atom. The molecule has 1 fully saturated rings. The molecule has 0 aliphatic carbocycles. The van der Waals surface area contributed by atoms with E-state index in [1.54, 1.807) is 12.1 Å².